The van der Waals surface area contributed by atoms with E-state index in [1.807, 2.05) is 6.07 Å². The normalized spacial score (nSPS) is 19.2. The number of aromatic amines is 1. The molecule has 1 spiro atoms. The lowest BCUT2D eigenvalue weighted by molar-refractivity contribution is -0.103. The van der Waals surface area contributed by atoms with Gasteiger partial charge in [0.2, 0.25) is 0 Å². The summed E-state index contributed by atoms with van der Waals surface area (Å²) in [7, 11) is 0. The zero-order chi connectivity index (χ0) is 20.4. The van der Waals surface area contributed by atoms with Crippen molar-refractivity contribution in [3.8, 4) is 11.4 Å². The fourth-order valence-electron chi connectivity index (χ4n) is 3.43. The Bertz CT molecular complexity index is 913. The van der Waals surface area contributed by atoms with E-state index in [2.05, 4.69) is 35.4 Å². The second-order valence-corrected chi connectivity index (χ2v) is 7.85. The summed E-state index contributed by atoms with van der Waals surface area (Å²) in [5, 5.41) is 7.15. The number of hydrogen-bond acceptors (Lipinski definition) is 8. The van der Waals surface area contributed by atoms with E-state index in [1.54, 1.807) is 18.1 Å². The number of hydrogen-bond donors (Lipinski definition) is 2. The lowest BCUT2D eigenvalue weighted by atomic mass is 9.92. The van der Waals surface area contributed by atoms with E-state index in [0.29, 0.717) is 17.2 Å². The monoisotopic (exact) mass is 421 g/mol. The number of morpholine rings is 1. The number of aromatic nitrogens is 4. The summed E-state index contributed by atoms with van der Waals surface area (Å²) >= 11 is 1.74. The molecular weight excluding hydrogens is 400 g/mol. The molecule has 0 saturated carbocycles. The average Bonchev–Trinajstić information content (AvgIpc) is 3.19. The van der Waals surface area contributed by atoms with Crippen molar-refractivity contribution in [1.29, 1.82) is 5.41 Å². The van der Waals surface area contributed by atoms with E-state index in [4.69, 9.17) is 10.1 Å². The Hall–Kier alpha value is -2.37. The lowest BCUT2D eigenvalue weighted by Crippen LogP contribution is -2.69. The summed E-state index contributed by atoms with van der Waals surface area (Å²) in [5.41, 5.74) is 0.397. The fourth-order valence-corrected chi connectivity index (χ4v) is 4.05. The van der Waals surface area contributed by atoms with Crippen molar-refractivity contribution in [2.75, 3.05) is 43.9 Å². The number of ether oxygens (including phenoxy) is 1. The minimum atomic E-state index is -2.80. The second-order valence-electron chi connectivity index (χ2n) is 6.97. The first-order valence-corrected chi connectivity index (χ1v) is 10.3. The summed E-state index contributed by atoms with van der Waals surface area (Å²) < 4.78 is 33.1. The van der Waals surface area contributed by atoms with Crippen LogP contribution in [0.5, 0.6) is 0 Å². The Balaban J connectivity index is 1.43. The van der Waals surface area contributed by atoms with Gasteiger partial charge < -0.3 is 14.6 Å². The Labute approximate surface area is 171 Å². The van der Waals surface area contributed by atoms with Crippen molar-refractivity contribution in [3.63, 3.8) is 0 Å². The van der Waals surface area contributed by atoms with Crippen molar-refractivity contribution >= 4 is 29.6 Å². The third-order valence-electron chi connectivity index (χ3n) is 4.93. The molecule has 2 aromatic heterocycles. The van der Waals surface area contributed by atoms with Crippen LogP contribution in [0.1, 0.15) is 5.82 Å². The molecule has 2 aliphatic heterocycles. The molecule has 0 amide bonds. The molecule has 2 N–H and O–H groups in total. The zero-order valence-corrected chi connectivity index (χ0v) is 16.6. The van der Waals surface area contributed by atoms with Crippen LogP contribution in [-0.4, -0.2) is 81.0 Å². The van der Waals surface area contributed by atoms with Gasteiger partial charge in [0.15, 0.2) is 0 Å². The van der Waals surface area contributed by atoms with E-state index in [-0.39, 0.29) is 5.60 Å². The molecule has 8 nitrogen and oxygen atoms in total. The molecule has 0 radical (unpaired) electrons. The number of nitrogens with zero attached hydrogens (tertiary/aromatic N) is 5. The molecule has 2 aliphatic rings. The number of anilines is 1. The van der Waals surface area contributed by atoms with Gasteiger partial charge >= 0.3 is 0 Å². The van der Waals surface area contributed by atoms with Crippen molar-refractivity contribution in [3.05, 3.63) is 30.5 Å². The van der Waals surface area contributed by atoms with Crippen molar-refractivity contribution in [1.82, 2.24) is 24.2 Å². The van der Waals surface area contributed by atoms with Gasteiger partial charge in [-0.2, -0.15) is 0 Å². The lowest BCUT2D eigenvalue weighted by Gasteiger charge is -2.53. The van der Waals surface area contributed by atoms with Crippen molar-refractivity contribution in [2.24, 2.45) is 0 Å². The first-order chi connectivity index (χ1) is 14.0. The van der Waals surface area contributed by atoms with Crippen molar-refractivity contribution < 1.29 is 13.5 Å². The summed E-state index contributed by atoms with van der Waals surface area (Å²) in [6, 6.07) is 1.87. The van der Waals surface area contributed by atoms with Gasteiger partial charge in [-0.25, -0.2) is 28.0 Å². The summed E-state index contributed by atoms with van der Waals surface area (Å²) in [6.45, 7) is 4.11. The quantitative estimate of drug-likeness (QED) is 0.546. The standard InChI is InChI=1S/C18H21F2N7OS/c1-29-27-4-5-28-18(10-27)8-26(9-18)16-6-13(23-11-24-16)14-7-22-15(25-14)3-2-12(21)17(19)20/h2-3,6-7,11,17,21H,4-5,8-10H2,1H3,(H,22,25)/b3-2-,21-12?. The van der Waals surface area contributed by atoms with E-state index < -0.39 is 12.1 Å². The van der Waals surface area contributed by atoms with Gasteiger partial charge in [-0.1, -0.05) is 11.9 Å². The minimum absolute atomic E-state index is 0.145. The van der Waals surface area contributed by atoms with Crippen molar-refractivity contribution in [2.45, 2.75) is 12.0 Å². The maximum Gasteiger partial charge on any atom is 0.279 e. The van der Waals surface area contributed by atoms with Crippen LogP contribution in [-0.2, 0) is 4.74 Å². The Morgan fingerprint density at radius 2 is 2.17 bits per heavy atom. The average molecular weight is 421 g/mol. The van der Waals surface area contributed by atoms with Gasteiger partial charge in [-0.15, -0.1) is 0 Å². The van der Waals surface area contributed by atoms with Crippen LogP contribution in [0, 0.1) is 5.41 Å². The molecule has 2 saturated heterocycles. The highest BCUT2D eigenvalue weighted by atomic mass is 32.2. The molecular formula is C18H21F2N7OS. The van der Waals surface area contributed by atoms with Crippen LogP contribution in [0.25, 0.3) is 17.5 Å². The fraction of sp³-hybridized carbons (Fsp3) is 0.444. The molecule has 154 valence electrons. The van der Waals surface area contributed by atoms with Gasteiger partial charge in [-0.3, -0.25) is 5.41 Å². The van der Waals surface area contributed by atoms with Crippen LogP contribution in [0.4, 0.5) is 14.6 Å². The van der Waals surface area contributed by atoms with Crippen LogP contribution in [0.15, 0.2) is 24.7 Å². The van der Waals surface area contributed by atoms with E-state index in [1.165, 1.54) is 12.4 Å². The van der Waals surface area contributed by atoms with Gasteiger partial charge in [-0.05, 0) is 18.4 Å². The number of alkyl halides is 2. The SMILES string of the molecule is CSN1CCOC2(C1)CN(c1cc(-c3cnc(/C=C\C(=N)C(F)F)[nH]3)ncn1)C2. The first-order valence-electron chi connectivity index (χ1n) is 9.08. The molecule has 2 aromatic rings. The number of imidazole rings is 1. The predicted octanol–water partition coefficient (Wildman–Crippen LogP) is 2.33. The Morgan fingerprint density at radius 1 is 1.34 bits per heavy atom. The van der Waals surface area contributed by atoms with Gasteiger partial charge in [0.05, 0.1) is 43.0 Å². The molecule has 0 aromatic carbocycles. The summed E-state index contributed by atoms with van der Waals surface area (Å²) in [5.74, 6) is 1.18. The molecule has 11 heteroatoms. The van der Waals surface area contributed by atoms with Gasteiger partial charge in [0.25, 0.3) is 6.43 Å². The molecule has 4 rings (SSSR count). The van der Waals surface area contributed by atoms with E-state index in [9.17, 15) is 8.78 Å². The highest BCUT2D eigenvalue weighted by Crippen LogP contribution is 2.34. The smallest absolute Gasteiger partial charge is 0.279 e. The van der Waals surface area contributed by atoms with Crippen LogP contribution in [0.3, 0.4) is 0 Å². The number of allylic oxidation sites excluding steroid dienone is 1. The molecule has 0 bridgehead atoms. The Morgan fingerprint density at radius 3 is 2.93 bits per heavy atom. The topological polar surface area (TPSA) is 94.0 Å². The zero-order valence-electron chi connectivity index (χ0n) is 15.8. The highest BCUT2D eigenvalue weighted by molar-refractivity contribution is 7.96. The van der Waals surface area contributed by atoms with Gasteiger partial charge in [0, 0.05) is 19.2 Å². The number of nitrogens with one attached hydrogen (secondary N) is 2. The number of rotatable bonds is 6. The summed E-state index contributed by atoms with van der Waals surface area (Å²) in [6.07, 6.45) is 4.72. The minimum Gasteiger partial charge on any atom is -0.369 e. The molecule has 0 aliphatic carbocycles. The summed E-state index contributed by atoms with van der Waals surface area (Å²) in [4.78, 5) is 17.9. The largest absolute Gasteiger partial charge is 0.369 e. The molecule has 4 heterocycles. The Kier molecular flexibility index (Phi) is 5.61. The second kappa shape index (κ2) is 8.17. The van der Waals surface area contributed by atoms with Crippen LogP contribution in [0.2, 0.25) is 0 Å². The van der Waals surface area contributed by atoms with E-state index in [0.717, 1.165) is 44.7 Å². The molecule has 0 atom stereocenters. The van der Waals surface area contributed by atoms with Gasteiger partial charge in [0.1, 0.15) is 23.6 Å². The maximum atomic E-state index is 12.4. The predicted molar refractivity (Wildman–Crippen MR) is 108 cm³/mol. The molecule has 2 fully saturated rings. The maximum absolute atomic E-state index is 12.4. The van der Waals surface area contributed by atoms with Crippen LogP contribution >= 0.6 is 11.9 Å². The highest BCUT2D eigenvalue weighted by Gasteiger charge is 2.47. The van der Waals surface area contributed by atoms with E-state index >= 15 is 0 Å². The van der Waals surface area contributed by atoms with Crippen LogP contribution < -0.4 is 4.90 Å². The third-order valence-corrected chi connectivity index (χ3v) is 5.76. The first kappa shape index (κ1) is 19.9. The third kappa shape index (κ3) is 4.31. The number of H-pyrrole nitrogens is 1. The molecule has 29 heavy (non-hydrogen) atoms. The molecule has 0 unspecified atom stereocenters. The number of halogens is 2.